The highest BCUT2D eigenvalue weighted by molar-refractivity contribution is 7.16. The van der Waals surface area contributed by atoms with Gasteiger partial charge in [-0.05, 0) is 11.4 Å². The summed E-state index contributed by atoms with van der Waals surface area (Å²) in [4.78, 5) is 11.5. The average Bonchev–Trinajstić information content (AvgIpc) is 2.56. The van der Waals surface area contributed by atoms with Crippen LogP contribution < -0.4 is 0 Å². The van der Waals surface area contributed by atoms with E-state index < -0.39 is 5.97 Å². The molecule has 1 N–H and O–H groups in total. The van der Waals surface area contributed by atoms with E-state index in [-0.39, 0.29) is 6.42 Å². The standard InChI is InChI=1S/C8H8N2O2S/c1-10-8-5(2-3-13-8)6(9-10)4-7(11)12/h2-3H,4H2,1H3,(H,11,12). The Kier molecular flexibility index (Phi) is 1.81. The summed E-state index contributed by atoms with van der Waals surface area (Å²) in [6.45, 7) is 0. The number of aliphatic carboxylic acids is 1. The van der Waals surface area contributed by atoms with Crippen LogP contribution >= 0.6 is 11.3 Å². The molecule has 0 bridgehead atoms. The maximum atomic E-state index is 10.5. The monoisotopic (exact) mass is 196 g/mol. The molecule has 0 aliphatic carbocycles. The molecule has 0 atom stereocenters. The predicted octanol–water partition coefficient (Wildman–Crippen LogP) is 1.26. The van der Waals surface area contributed by atoms with E-state index in [1.54, 1.807) is 16.0 Å². The second-order valence-corrected chi connectivity index (χ2v) is 3.67. The number of thiophene rings is 1. The lowest BCUT2D eigenvalue weighted by Crippen LogP contribution is -2.01. The predicted molar refractivity (Wildman–Crippen MR) is 49.9 cm³/mol. The number of hydrogen-bond donors (Lipinski definition) is 1. The van der Waals surface area contributed by atoms with Crippen LogP contribution in [0.3, 0.4) is 0 Å². The van der Waals surface area contributed by atoms with Crippen molar-refractivity contribution < 1.29 is 9.90 Å². The number of carboxylic acid groups (broad SMARTS) is 1. The van der Waals surface area contributed by atoms with Crippen LogP contribution in [0.1, 0.15) is 5.69 Å². The summed E-state index contributed by atoms with van der Waals surface area (Å²) in [6.07, 6.45) is -0.00588. The third-order valence-electron chi connectivity index (χ3n) is 1.84. The number of carbonyl (C=O) groups is 1. The fourth-order valence-corrected chi connectivity index (χ4v) is 2.16. The number of aromatic nitrogens is 2. The second-order valence-electron chi connectivity index (χ2n) is 2.78. The van der Waals surface area contributed by atoms with Gasteiger partial charge >= 0.3 is 5.97 Å². The van der Waals surface area contributed by atoms with E-state index in [9.17, 15) is 4.79 Å². The Morgan fingerprint density at radius 2 is 2.54 bits per heavy atom. The number of carboxylic acids is 1. The molecule has 0 aliphatic rings. The first-order valence-corrected chi connectivity index (χ1v) is 4.67. The van der Waals surface area contributed by atoms with Gasteiger partial charge in [0.1, 0.15) is 4.83 Å². The lowest BCUT2D eigenvalue weighted by atomic mass is 10.2. The summed E-state index contributed by atoms with van der Waals surface area (Å²) < 4.78 is 1.72. The zero-order chi connectivity index (χ0) is 9.42. The minimum absolute atomic E-state index is 0.00588. The van der Waals surface area contributed by atoms with Gasteiger partial charge in [-0.15, -0.1) is 11.3 Å². The van der Waals surface area contributed by atoms with E-state index in [1.807, 2.05) is 18.5 Å². The zero-order valence-corrected chi connectivity index (χ0v) is 7.84. The maximum Gasteiger partial charge on any atom is 0.309 e. The first kappa shape index (κ1) is 8.25. The summed E-state index contributed by atoms with van der Waals surface area (Å²) in [7, 11) is 1.82. The largest absolute Gasteiger partial charge is 0.481 e. The Labute approximate surface area is 78.4 Å². The van der Waals surface area contributed by atoms with E-state index in [0.29, 0.717) is 5.69 Å². The van der Waals surface area contributed by atoms with Gasteiger partial charge < -0.3 is 5.11 Å². The van der Waals surface area contributed by atoms with Crippen LogP contribution in [-0.4, -0.2) is 20.9 Å². The summed E-state index contributed by atoms with van der Waals surface area (Å²) >= 11 is 1.57. The Morgan fingerprint density at radius 1 is 1.77 bits per heavy atom. The van der Waals surface area contributed by atoms with Crippen molar-refractivity contribution in [3.63, 3.8) is 0 Å². The minimum atomic E-state index is -0.841. The molecule has 0 amide bonds. The van der Waals surface area contributed by atoms with E-state index in [2.05, 4.69) is 5.10 Å². The lowest BCUT2D eigenvalue weighted by molar-refractivity contribution is -0.136. The molecule has 0 saturated heterocycles. The molecule has 0 unspecified atom stereocenters. The number of hydrogen-bond acceptors (Lipinski definition) is 3. The van der Waals surface area contributed by atoms with Crippen LogP contribution in [0.25, 0.3) is 10.2 Å². The van der Waals surface area contributed by atoms with Crippen molar-refractivity contribution in [3.8, 4) is 0 Å². The molecule has 2 aromatic rings. The molecule has 0 aromatic carbocycles. The van der Waals surface area contributed by atoms with Gasteiger partial charge in [-0.25, -0.2) is 0 Å². The van der Waals surface area contributed by atoms with Gasteiger partial charge in [-0.3, -0.25) is 9.48 Å². The summed E-state index contributed by atoms with van der Waals surface area (Å²) in [6, 6.07) is 1.91. The number of rotatable bonds is 2. The lowest BCUT2D eigenvalue weighted by Gasteiger charge is -1.88. The Morgan fingerprint density at radius 3 is 3.23 bits per heavy atom. The minimum Gasteiger partial charge on any atom is -0.481 e. The van der Waals surface area contributed by atoms with E-state index in [0.717, 1.165) is 10.2 Å². The van der Waals surface area contributed by atoms with E-state index >= 15 is 0 Å². The first-order valence-electron chi connectivity index (χ1n) is 3.79. The number of nitrogens with zero attached hydrogens (tertiary/aromatic N) is 2. The Bertz CT molecular complexity index is 458. The fraction of sp³-hybridized carbons (Fsp3) is 0.250. The van der Waals surface area contributed by atoms with Crippen molar-refractivity contribution in [3.05, 3.63) is 17.1 Å². The van der Waals surface area contributed by atoms with Gasteiger partial charge in [0.15, 0.2) is 0 Å². The zero-order valence-electron chi connectivity index (χ0n) is 7.02. The summed E-state index contributed by atoms with van der Waals surface area (Å²) in [5.41, 5.74) is 0.645. The molecule has 2 rings (SSSR count). The van der Waals surface area contributed by atoms with Gasteiger partial charge in [0, 0.05) is 12.4 Å². The van der Waals surface area contributed by atoms with Crippen molar-refractivity contribution in [1.29, 1.82) is 0 Å². The van der Waals surface area contributed by atoms with Crippen LogP contribution in [0, 0.1) is 0 Å². The van der Waals surface area contributed by atoms with Crippen molar-refractivity contribution >= 4 is 27.5 Å². The Balaban J connectivity index is 2.55. The number of aryl methyl sites for hydroxylation is 1. The van der Waals surface area contributed by atoms with Crippen LogP contribution in [0.4, 0.5) is 0 Å². The molecule has 4 nitrogen and oxygen atoms in total. The van der Waals surface area contributed by atoms with Crippen molar-refractivity contribution in [2.75, 3.05) is 0 Å². The maximum absolute atomic E-state index is 10.5. The first-order chi connectivity index (χ1) is 6.18. The molecule has 68 valence electrons. The molecule has 0 spiro atoms. The molecule has 0 fully saturated rings. The molecule has 2 aromatic heterocycles. The molecule has 13 heavy (non-hydrogen) atoms. The third kappa shape index (κ3) is 1.31. The molecule has 5 heteroatoms. The highest BCUT2D eigenvalue weighted by Crippen LogP contribution is 2.23. The summed E-state index contributed by atoms with van der Waals surface area (Å²) in [5.74, 6) is -0.841. The van der Waals surface area contributed by atoms with Crippen LogP contribution in [0.5, 0.6) is 0 Å². The van der Waals surface area contributed by atoms with Crippen molar-refractivity contribution in [2.24, 2.45) is 7.05 Å². The van der Waals surface area contributed by atoms with Gasteiger partial charge in [0.05, 0.1) is 12.1 Å². The van der Waals surface area contributed by atoms with E-state index in [1.165, 1.54) is 0 Å². The smallest absolute Gasteiger partial charge is 0.309 e. The molecule has 2 heterocycles. The van der Waals surface area contributed by atoms with Crippen LogP contribution in [0.2, 0.25) is 0 Å². The van der Waals surface area contributed by atoms with Crippen LogP contribution in [0.15, 0.2) is 11.4 Å². The molecular formula is C8H8N2O2S. The Hall–Kier alpha value is -1.36. The van der Waals surface area contributed by atoms with Gasteiger partial charge in [-0.2, -0.15) is 5.10 Å². The molecule has 0 aliphatic heterocycles. The number of fused-ring (bicyclic) bond motifs is 1. The van der Waals surface area contributed by atoms with Crippen molar-refractivity contribution in [1.82, 2.24) is 9.78 Å². The molecule has 0 radical (unpaired) electrons. The average molecular weight is 196 g/mol. The fourth-order valence-electron chi connectivity index (χ4n) is 1.33. The highest BCUT2D eigenvalue weighted by atomic mass is 32.1. The highest BCUT2D eigenvalue weighted by Gasteiger charge is 2.11. The summed E-state index contributed by atoms with van der Waals surface area (Å²) in [5, 5.41) is 15.7. The second kappa shape index (κ2) is 2.85. The third-order valence-corrected chi connectivity index (χ3v) is 2.82. The molecule has 0 saturated carbocycles. The normalized spacial score (nSPS) is 10.8. The quantitative estimate of drug-likeness (QED) is 0.786. The van der Waals surface area contributed by atoms with Crippen molar-refractivity contribution in [2.45, 2.75) is 6.42 Å². The SMILES string of the molecule is Cn1nc(CC(=O)O)c2ccsc21. The van der Waals surface area contributed by atoms with E-state index in [4.69, 9.17) is 5.11 Å². The van der Waals surface area contributed by atoms with Gasteiger partial charge in [-0.1, -0.05) is 0 Å². The van der Waals surface area contributed by atoms with Crippen LogP contribution in [-0.2, 0) is 18.3 Å². The molecular weight excluding hydrogens is 188 g/mol. The van der Waals surface area contributed by atoms with Gasteiger partial charge in [0.25, 0.3) is 0 Å². The van der Waals surface area contributed by atoms with Gasteiger partial charge in [0.2, 0.25) is 0 Å². The topological polar surface area (TPSA) is 55.1 Å².